The van der Waals surface area contributed by atoms with Gasteiger partial charge in [-0.3, -0.25) is 4.79 Å². The van der Waals surface area contributed by atoms with Gasteiger partial charge >= 0.3 is 0 Å². The summed E-state index contributed by atoms with van der Waals surface area (Å²) >= 11 is 3.33. The Kier molecular flexibility index (Phi) is 10.1. The second-order valence-electron chi connectivity index (χ2n) is 0.519. The van der Waals surface area contributed by atoms with Crippen LogP contribution < -0.4 is 0 Å². The smallest absolute Gasteiger partial charge is 0.182 e. The summed E-state index contributed by atoms with van der Waals surface area (Å²) < 4.78 is 0. The Morgan fingerprint density at radius 1 is 1.80 bits per heavy atom. The molecule has 3 heteroatoms. The van der Waals surface area contributed by atoms with Gasteiger partial charge in [0.1, 0.15) is 0 Å². The summed E-state index contributed by atoms with van der Waals surface area (Å²) in [7, 11) is 0. The monoisotopic (exact) mass is 241 g/mol. The predicted octanol–water partition coefficient (Wildman–Crippen LogP) is 0.463. The second kappa shape index (κ2) is 5.28. The van der Waals surface area contributed by atoms with Crippen LogP contribution in [0.15, 0.2) is 0 Å². The van der Waals surface area contributed by atoms with Crippen LogP contribution in [0.4, 0.5) is 0 Å². The number of hydrogen-bond donors (Lipinski definition) is 1. The van der Waals surface area contributed by atoms with Gasteiger partial charge in [-0.1, -0.05) is 0 Å². The van der Waals surface area contributed by atoms with E-state index in [2.05, 4.69) is 12.6 Å². The number of carbonyl (C=O) groups excluding carboxylic acids is 1. The van der Waals surface area contributed by atoms with E-state index in [4.69, 9.17) is 0 Å². The molecular formula is C2H4HoOS. The first-order valence-electron chi connectivity index (χ1n) is 0.928. The molecule has 35 valence electrons. The van der Waals surface area contributed by atoms with E-state index < -0.39 is 0 Å². The topological polar surface area (TPSA) is 17.1 Å². The Morgan fingerprint density at radius 3 is 1.80 bits per heavy atom. The zero-order valence-corrected chi connectivity index (χ0v) is 5.49. The van der Waals surface area contributed by atoms with Crippen molar-refractivity contribution in [3.8, 4) is 0 Å². The quantitative estimate of drug-likeness (QED) is 0.481. The molecule has 0 aromatic carbocycles. The van der Waals surface area contributed by atoms with E-state index >= 15 is 0 Å². The van der Waals surface area contributed by atoms with Gasteiger partial charge in [-0.2, -0.15) is 0 Å². The van der Waals surface area contributed by atoms with Gasteiger partial charge in [0.05, 0.1) is 0 Å². The number of hydrogen-bond acceptors (Lipinski definition) is 1. The third-order valence-electron chi connectivity index (χ3n) is 0. The van der Waals surface area contributed by atoms with E-state index in [9.17, 15) is 4.79 Å². The fourth-order valence-corrected chi connectivity index (χ4v) is 0. The Morgan fingerprint density at radius 2 is 1.80 bits per heavy atom. The summed E-state index contributed by atoms with van der Waals surface area (Å²) in [6.45, 7) is 1.39. The van der Waals surface area contributed by atoms with Crippen LogP contribution in [0.1, 0.15) is 6.92 Å². The maximum absolute atomic E-state index is 9.31. The molecule has 0 amide bonds. The first-order valence-corrected chi connectivity index (χ1v) is 1.37. The van der Waals surface area contributed by atoms with Crippen LogP contribution >= 0.6 is 12.6 Å². The van der Waals surface area contributed by atoms with Crippen molar-refractivity contribution >= 4 is 17.7 Å². The molecule has 0 fully saturated rings. The zero-order chi connectivity index (χ0) is 3.58. The molecule has 0 aromatic heterocycles. The largest absolute Gasteiger partial charge is 0.288 e. The summed E-state index contributed by atoms with van der Waals surface area (Å²) in [6, 6.07) is 0. The zero-order valence-electron chi connectivity index (χ0n) is 2.66. The van der Waals surface area contributed by atoms with Crippen LogP contribution in [0, 0.1) is 37.7 Å². The molecule has 0 unspecified atom stereocenters. The van der Waals surface area contributed by atoms with Gasteiger partial charge in [-0.05, 0) is 0 Å². The minimum atomic E-state index is -0.139. The first kappa shape index (κ1) is 9.56. The molecule has 0 atom stereocenters. The number of carbonyl (C=O) groups is 1. The summed E-state index contributed by atoms with van der Waals surface area (Å²) in [6.07, 6.45) is 0. The molecule has 0 saturated carbocycles. The Hall–Kier alpha value is 1.28. The number of thiol groups is 1. The average Bonchev–Trinajstić information content (AvgIpc) is 0.811. The van der Waals surface area contributed by atoms with E-state index in [0.717, 1.165) is 0 Å². The van der Waals surface area contributed by atoms with Gasteiger partial charge in [0.25, 0.3) is 0 Å². The van der Waals surface area contributed by atoms with E-state index in [0.29, 0.717) is 0 Å². The number of rotatable bonds is 0. The molecule has 0 saturated heterocycles. The molecule has 0 heterocycles. The molecule has 0 N–H and O–H groups in total. The molecule has 0 aliphatic carbocycles. The van der Waals surface area contributed by atoms with Crippen molar-refractivity contribution in [3.63, 3.8) is 0 Å². The van der Waals surface area contributed by atoms with Crippen LogP contribution in [0.2, 0.25) is 0 Å². The fourth-order valence-electron chi connectivity index (χ4n) is 0. The van der Waals surface area contributed by atoms with Crippen molar-refractivity contribution < 1.29 is 42.5 Å². The standard InChI is InChI=1S/C2H4OS.Ho/c1-2(3)4;/h1H3,(H,3,4);. The van der Waals surface area contributed by atoms with Crippen molar-refractivity contribution in [3.05, 3.63) is 0 Å². The molecule has 0 bridgehead atoms. The predicted molar refractivity (Wildman–Crippen MR) is 19.7 cm³/mol. The molecule has 0 spiro atoms. The molecule has 1 radical (unpaired) electrons. The third-order valence-corrected chi connectivity index (χ3v) is 0. The third kappa shape index (κ3) is 34.7. The van der Waals surface area contributed by atoms with Crippen molar-refractivity contribution in [2.24, 2.45) is 0 Å². The minimum absolute atomic E-state index is 0. The average molecular weight is 241 g/mol. The van der Waals surface area contributed by atoms with Crippen LogP contribution in [-0.2, 0) is 4.79 Å². The van der Waals surface area contributed by atoms with E-state index in [1.165, 1.54) is 6.92 Å². The van der Waals surface area contributed by atoms with Crippen molar-refractivity contribution in [2.75, 3.05) is 0 Å². The normalized spacial score (nSPS) is 5.20. The van der Waals surface area contributed by atoms with Crippen molar-refractivity contribution in [1.82, 2.24) is 0 Å². The van der Waals surface area contributed by atoms with Gasteiger partial charge in [0.2, 0.25) is 0 Å². The van der Waals surface area contributed by atoms with Crippen molar-refractivity contribution in [2.45, 2.75) is 6.92 Å². The molecule has 0 aliphatic heterocycles. The van der Waals surface area contributed by atoms with Gasteiger partial charge in [0.15, 0.2) is 5.12 Å². The van der Waals surface area contributed by atoms with Crippen LogP contribution in [0.3, 0.4) is 0 Å². The van der Waals surface area contributed by atoms with Crippen LogP contribution in [-0.4, -0.2) is 5.12 Å². The fraction of sp³-hybridized carbons (Fsp3) is 0.500. The molecule has 0 rings (SSSR count). The van der Waals surface area contributed by atoms with E-state index in [-0.39, 0.29) is 42.9 Å². The van der Waals surface area contributed by atoms with Crippen LogP contribution in [0.25, 0.3) is 0 Å². The maximum Gasteiger partial charge on any atom is 0.182 e. The summed E-state index contributed by atoms with van der Waals surface area (Å²) in [5.41, 5.74) is 0. The maximum atomic E-state index is 9.31. The second-order valence-corrected chi connectivity index (χ2v) is 1.15. The van der Waals surface area contributed by atoms with Crippen LogP contribution in [0.5, 0.6) is 0 Å². The van der Waals surface area contributed by atoms with Crippen molar-refractivity contribution in [1.29, 1.82) is 0 Å². The van der Waals surface area contributed by atoms with Gasteiger partial charge in [0, 0.05) is 44.7 Å². The Labute approximate surface area is 66.5 Å². The van der Waals surface area contributed by atoms with E-state index in [1.807, 2.05) is 0 Å². The van der Waals surface area contributed by atoms with Gasteiger partial charge in [-0.15, -0.1) is 12.6 Å². The Bertz CT molecular complexity index is 32.6. The minimum Gasteiger partial charge on any atom is -0.288 e. The molecule has 5 heavy (non-hydrogen) atoms. The molecule has 0 aromatic rings. The van der Waals surface area contributed by atoms with E-state index in [1.54, 1.807) is 0 Å². The Balaban J connectivity index is 0. The summed E-state index contributed by atoms with van der Waals surface area (Å²) in [5.74, 6) is 0. The molecule has 1 nitrogen and oxygen atoms in total. The SMILES string of the molecule is CC(=O)S.[Ho]. The summed E-state index contributed by atoms with van der Waals surface area (Å²) in [4.78, 5) is 9.31. The first-order chi connectivity index (χ1) is 1.73. The van der Waals surface area contributed by atoms with Gasteiger partial charge in [-0.25, -0.2) is 0 Å². The summed E-state index contributed by atoms with van der Waals surface area (Å²) in [5, 5.41) is -0.139. The molecular weight excluding hydrogens is 237 g/mol. The molecule has 0 aliphatic rings. The van der Waals surface area contributed by atoms with Gasteiger partial charge < -0.3 is 0 Å².